The molecule has 0 bridgehead atoms. The third kappa shape index (κ3) is 5.21. The summed E-state index contributed by atoms with van der Waals surface area (Å²) in [5.74, 6) is -1.75. The number of hydrazone groups is 1. The summed E-state index contributed by atoms with van der Waals surface area (Å²) in [6, 6.07) is 3.51. The van der Waals surface area contributed by atoms with E-state index in [-0.39, 0.29) is 41.0 Å². The number of hydrogen-bond donors (Lipinski definition) is 1. The van der Waals surface area contributed by atoms with E-state index in [2.05, 4.69) is 15.4 Å². The number of sulfonamides is 1. The van der Waals surface area contributed by atoms with E-state index in [4.69, 9.17) is 0 Å². The van der Waals surface area contributed by atoms with Gasteiger partial charge in [0.25, 0.3) is 5.91 Å². The van der Waals surface area contributed by atoms with Crippen molar-refractivity contribution >= 4 is 28.0 Å². The standard InChI is InChI=1S/C20H19F7N6O3S/c21-13-9-12(4-5-14(13)33-8-7-31(11-29-33)37(35,36)20(25,26)27)10-28-18(34)16-17(19(22,23)24)30-15-3-1-2-6-32(15)16/h4-5,9,11H,1-3,6-8,10H2,(H,28,34). The minimum atomic E-state index is -5.63. The number of carbonyl (C=O) groups excluding carboxylic acids is 1. The van der Waals surface area contributed by atoms with Gasteiger partial charge in [0, 0.05) is 19.5 Å². The van der Waals surface area contributed by atoms with Gasteiger partial charge in [-0.1, -0.05) is 6.07 Å². The molecule has 0 saturated heterocycles. The second-order valence-electron chi connectivity index (χ2n) is 8.22. The highest BCUT2D eigenvalue weighted by Crippen LogP contribution is 2.34. The molecule has 0 unspecified atom stereocenters. The Morgan fingerprint density at radius 2 is 1.78 bits per heavy atom. The van der Waals surface area contributed by atoms with Crippen LogP contribution < -0.4 is 10.3 Å². The van der Waals surface area contributed by atoms with Gasteiger partial charge in [-0.3, -0.25) is 9.80 Å². The molecule has 9 nitrogen and oxygen atoms in total. The predicted molar refractivity (Wildman–Crippen MR) is 115 cm³/mol. The second kappa shape index (κ2) is 9.50. The minimum Gasteiger partial charge on any atom is -0.347 e. The summed E-state index contributed by atoms with van der Waals surface area (Å²) >= 11 is 0. The number of benzene rings is 1. The van der Waals surface area contributed by atoms with E-state index in [0.717, 1.165) is 11.1 Å². The van der Waals surface area contributed by atoms with Crippen LogP contribution in [0.5, 0.6) is 0 Å². The zero-order valence-electron chi connectivity index (χ0n) is 18.8. The SMILES string of the molecule is O=C(NCc1ccc(N2CCN(S(=O)(=O)C(F)(F)F)C=N2)c(F)c1)c1c(C(F)(F)F)nc2n1CCCC2. The first-order valence-electron chi connectivity index (χ1n) is 10.8. The lowest BCUT2D eigenvalue weighted by Gasteiger charge is -2.29. The van der Waals surface area contributed by atoms with Crippen molar-refractivity contribution in [1.29, 1.82) is 0 Å². The number of halogens is 7. The normalized spacial score (nSPS) is 16.6. The summed E-state index contributed by atoms with van der Waals surface area (Å²) in [5, 5.41) is 6.85. The van der Waals surface area contributed by atoms with E-state index < -0.39 is 51.4 Å². The summed E-state index contributed by atoms with van der Waals surface area (Å²) in [5.41, 5.74) is -7.41. The number of aromatic nitrogens is 2. The third-order valence-corrected chi connectivity index (χ3v) is 7.24. The zero-order chi connectivity index (χ0) is 27.2. The zero-order valence-corrected chi connectivity index (χ0v) is 19.6. The first-order chi connectivity index (χ1) is 17.2. The molecule has 1 amide bonds. The van der Waals surface area contributed by atoms with Crippen molar-refractivity contribution in [2.45, 2.75) is 44.0 Å². The first-order valence-corrected chi connectivity index (χ1v) is 12.3. The quantitative estimate of drug-likeness (QED) is 0.571. The smallest absolute Gasteiger partial charge is 0.347 e. The lowest BCUT2D eigenvalue weighted by atomic mass is 10.1. The molecule has 0 atom stereocenters. The average molecular weight is 556 g/mol. The molecule has 4 rings (SSSR count). The fourth-order valence-electron chi connectivity index (χ4n) is 3.97. The summed E-state index contributed by atoms with van der Waals surface area (Å²) < 4.78 is 117. The van der Waals surface area contributed by atoms with Gasteiger partial charge < -0.3 is 9.88 Å². The molecule has 0 fully saturated rings. The van der Waals surface area contributed by atoms with E-state index >= 15 is 0 Å². The number of nitrogens with zero attached hydrogens (tertiary/aromatic N) is 5. The molecule has 0 spiro atoms. The van der Waals surface area contributed by atoms with Crippen LogP contribution >= 0.6 is 0 Å². The molecule has 1 aromatic heterocycles. The minimum absolute atomic E-state index is 0.00428. The number of nitrogens with one attached hydrogen (secondary N) is 1. The summed E-state index contributed by atoms with van der Waals surface area (Å²) in [6.45, 7) is -1.14. The summed E-state index contributed by atoms with van der Waals surface area (Å²) in [4.78, 5) is 16.3. The molecule has 0 aliphatic carbocycles. The van der Waals surface area contributed by atoms with Crippen LogP contribution in [0.15, 0.2) is 23.3 Å². The Kier molecular flexibility index (Phi) is 6.85. The lowest BCUT2D eigenvalue weighted by Crippen LogP contribution is -2.46. The van der Waals surface area contributed by atoms with Crippen LogP contribution in [0.4, 0.5) is 36.4 Å². The Hall–Kier alpha value is -3.37. The molecular weight excluding hydrogens is 537 g/mol. The van der Waals surface area contributed by atoms with Gasteiger partial charge in [0.15, 0.2) is 5.69 Å². The van der Waals surface area contributed by atoms with Crippen LogP contribution in [-0.2, 0) is 35.7 Å². The second-order valence-corrected chi connectivity index (χ2v) is 10.1. The number of rotatable bonds is 5. The van der Waals surface area contributed by atoms with E-state index in [0.29, 0.717) is 25.6 Å². The van der Waals surface area contributed by atoms with Crippen molar-refractivity contribution in [3.05, 3.63) is 46.8 Å². The molecule has 0 saturated carbocycles. The van der Waals surface area contributed by atoms with E-state index in [1.54, 1.807) is 0 Å². The number of hydrogen-bond acceptors (Lipinski definition) is 6. The Bertz CT molecular complexity index is 1340. The molecule has 1 aromatic carbocycles. The van der Waals surface area contributed by atoms with E-state index in [1.807, 2.05) is 0 Å². The first kappa shape index (κ1) is 26.7. The Balaban J connectivity index is 1.46. The monoisotopic (exact) mass is 556 g/mol. The maximum atomic E-state index is 14.7. The van der Waals surface area contributed by atoms with Crippen LogP contribution in [-0.4, -0.2) is 53.1 Å². The van der Waals surface area contributed by atoms with Crippen molar-refractivity contribution < 1.29 is 43.9 Å². The molecule has 3 heterocycles. The molecule has 0 radical (unpaired) electrons. The van der Waals surface area contributed by atoms with Gasteiger partial charge in [0.05, 0.1) is 18.8 Å². The highest BCUT2D eigenvalue weighted by molar-refractivity contribution is 7.90. The third-order valence-electron chi connectivity index (χ3n) is 5.76. The van der Waals surface area contributed by atoms with Gasteiger partial charge in [0.1, 0.15) is 23.7 Å². The molecule has 2 aliphatic heterocycles. The highest BCUT2D eigenvalue weighted by atomic mass is 32.2. The molecule has 1 N–H and O–H groups in total. The fourth-order valence-corrected chi connectivity index (χ4v) is 4.73. The number of aryl methyl sites for hydroxylation is 1. The van der Waals surface area contributed by atoms with Crippen LogP contribution in [0, 0.1) is 5.82 Å². The maximum absolute atomic E-state index is 14.7. The molecule has 37 heavy (non-hydrogen) atoms. The van der Waals surface area contributed by atoms with Gasteiger partial charge in [-0.2, -0.15) is 39.9 Å². The Morgan fingerprint density at radius 1 is 1.05 bits per heavy atom. The Morgan fingerprint density at radius 3 is 2.38 bits per heavy atom. The van der Waals surface area contributed by atoms with Gasteiger partial charge >= 0.3 is 21.7 Å². The molecule has 2 aromatic rings. The maximum Gasteiger partial charge on any atom is 0.516 e. The van der Waals surface area contributed by atoms with Crippen molar-refractivity contribution in [3.63, 3.8) is 0 Å². The topological polar surface area (TPSA) is 99.9 Å². The number of alkyl halides is 6. The van der Waals surface area contributed by atoms with Gasteiger partial charge in [0.2, 0.25) is 0 Å². The molecule has 202 valence electrons. The van der Waals surface area contributed by atoms with Gasteiger partial charge in [-0.15, -0.1) is 0 Å². The van der Waals surface area contributed by atoms with Gasteiger partial charge in [-0.05, 0) is 30.5 Å². The summed E-state index contributed by atoms with van der Waals surface area (Å²) in [6.07, 6.45) is -2.87. The van der Waals surface area contributed by atoms with E-state index in [1.165, 1.54) is 16.7 Å². The van der Waals surface area contributed by atoms with Crippen molar-refractivity contribution in [3.8, 4) is 0 Å². The van der Waals surface area contributed by atoms with Crippen molar-refractivity contribution in [2.24, 2.45) is 5.10 Å². The van der Waals surface area contributed by atoms with Crippen LogP contribution in [0.25, 0.3) is 0 Å². The number of amides is 1. The summed E-state index contributed by atoms with van der Waals surface area (Å²) in [7, 11) is -5.63. The Labute approximate surface area is 205 Å². The van der Waals surface area contributed by atoms with E-state index in [9.17, 15) is 43.9 Å². The average Bonchev–Trinajstić information content (AvgIpc) is 3.22. The number of imidazole rings is 1. The van der Waals surface area contributed by atoms with Crippen LogP contribution in [0.1, 0.15) is 40.4 Å². The number of anilines is 1. The molecule has 17 heteroatoms. The van der Waals surface area contributed by atoms with Crippen molar-refractivity contribution in [1.82, 2.24) is 19.2 Å². The molecule has 2 aliphatic rings. The van der Waals surface area contributed by atoms with Crippen LogP contribution in [0.2, 0.25) is 0 Å². The number of fused-ring (bicyclic) bond motifs is 1. The highest BCUT2D eigenvalue weighted by Gasteiger charge is 2.50. The van der Waals surface area contributed by atoms with Gasteiger partial charge in [-0.25, -0.2) is 13.7 Å². The number of carbonyl (C=O) groups is 1. The lowest BCUT2D eigenvalue weighted by molar-refractivity contribution is -0.141. The predicted octanol–water partition coefficient (Wildman–Crippen LogP) is 3.22. The fraction of sp³-hybridized carbons (Fsp3) is 0.450. The van der Waals surface area contributed by atoms with Crippen molar-refractivity contribution in [2.75, 3.05) is 18.1 Å². The largest absolute Gasteiger partial charge is 0.516 e. The van der Waals surface area contributed by atoms with Crippen LogP contribution in [0.3, 0.4) is 0 Å². The molecular formula is C20H19F7N6O3S.